The van der Waals surface area contributed by atoms with E-state index in [1.165, 1.54) is 0 Å². The van der Waals surface area contributed by atoms with Gasteiger partial charge < -0.3 is 10.4 Å². The molecule has 228 valence electrons. The van der Waals surface area contributed by atoms with Gasteiger partial charge in [-0.05, 0) is 67.0 Å². The highest BCUT2D eigenvalue weighted by atomic mass is 35.5. The van der Waals surface area contributed by atoms with Gasteiger partial charge in [0.1, 0.15) is 0 Å². The predicted octanol–water partition coefficient (Wildman–Crippen LogP) is 5.32. The average molecular weight is 637 g/mol. The molecule has 2 aromatic rings. The van der Waals surface area contributed by atoms with Crippen molar-refractivity contribution in [2.75, 3.05) is 26.2 Å². The lowest BCUT2D eigenvalue weighted by molar-refractivity contribution is -0.147. The van der Waals surface area contributed by atoms with Gasteiger partial charge in [0, 0.05) is 54.2 Å². The van der Waals surface area contributed by atoms with E-state index in [0.29, 0.717) is 49.1 Å². The third-order valence-corrected chi connectivity index (χ3v) is 12.1. The van der Waals surface area contributed by atoms with E-state index in [-0.39, 0.29) is 41.5 Å². The maximum atomic E-state index is 13.4. The van der Waals surface area contributed by atoms with Gasteiger partial charge in [-0.15, -0.1) is 0 Å². The summed E-state index contributed by atoms with van der Waals surface area (Å²) in [6.45, 7) is 5.97. The zero-order valence-electron chi connectivity index (χ0n) is 24.0. The fourth-order valence-electron chi connectivity index (χ4n) is 6.74. The number of piperazine rings is 1. The molecule has 1 unspecified atom stereocenters. The average Bonchev–Trinajstić information content (AvgIpc) is 3.80. The van der Waals surface area contributed by atoms with Crippen LogP contribution in [0.1, 0.15) is 69.0 Å². The number of hydrogen-bond donors (Lipinski definition) is 2. The van der Waals surface area contributed by atoms with Crippen molar-refractivity contribution >= 4 is 45.1 Å². The van der Waals surface area contributed by atoms with Gasteiger partial charge >= 0.3 is 5.97 Å². The summed E-state index contributed by atoms with van der Waals surface area (Å²) in [5.74, 6) is -1.38. The Hall–Kier alpha value is -2.17. The lowest BCUT2D eigenvalue weighted by Crippen LogP contribution is -2.56. The van der Waals surface area contributed by atoms with Crippen LogP contribution in [0, 0.1) is 11.3 Å². The minimum Gasteiger partial charge on any atom is -0.481 e. The molecule has 2 heterocycles. The summed E-state index contributed by atoms with van der Waals surface area (Å²) in [6, 6.07) is 15.1. The number of hydrogen-bond acceptors (Lipinski definition) is 5. The van der Waals surface area contributed by atoms with Crippen molar-refractivity contribution in [2.24, 2.45) is 11.3 Å². The number of aliphatic carboxylic acids is 1. The van der Waals surface area contributed by atoms with Crippen LogP contribution in [-0.4, -0.2) is 72.1 Å². The number of amides is 1. The molecule has 11 heteroatoms. The van der Waals surface area contributed by atoms with Crippen molar-refractivity contribution in [3.8, 4) is 0 Å². The van der Waals surface area contributed by atoms with Crippen LogP contribution in [-0.2, 0) is 19.6 Å². The molecule has 2 aromatic carbocycles. The van der Waals surface area contributed by atoms with Gasteiger partial charge in [-0.1, -0.05) is 61.3 Å². The van der Waals surface area contributed by atoms with Crippen LogP contribution in [0.15, 0.2) is 48.5 Å². The fourth-order valence-corrected chi connectivity index (χ4v) is 8.90. The van der Waals surface area contributed by atoms with Gasteiger partial charge in [0.2, 0.25) is 15.9 Å². The molecule has 1 amide bonds. The van der Waals surface area contributed by atoms with Gasteiger partial charge in [-0.3, -0.25) is 14.5 Å². The molecule has 5 atom stereocenters. The van der Waals surface area contributed by atoms with Crippen LogP contribution >= 0.6 is 23.2 Å². The molecule has 2 aliphatic heterocycles. The Kier molecular flexibility index (Phi) is 9.26. The van der Waals surface area contributed by atoms with Gasteiger partial charge in [-0.2, -0.15) is 4.31 Å². The first-order valence-corrected chi connectivity index (χ1v) is 16.9. The van der Waals surface area contributed by atoms with Gasteiger partial charge in [0.05, 0.1) is 17.1 Å². The molecule has 42 heavy (non-hydrogen) atoms. The standard InChI is InChI=1S/C31H39Cl2N3O5S/c1-20(29-26(22-4-3-5-24(33)17-22)18-31(2,19-28(37)38)30(39)34-29)16-27(21-6-8-23(32)9-7-21)35-12-14-36(15-13-35)42(40,41)25-10-11-25/h3-9,17,20,25-27,29H,10-16,18-19H2,1-2H3,(H,34,39)(H,37,38)/t20?,26-,27+,29+,31+/m1/s1. The second kappa shape index (κ2) is 12.4. The molecule has 0 radical (unpaired) electrons. The maximum Gasteiger partial charge on any atom is 0.304 e. The van der Waals surface area contributed by atoms with Crippen LogP contribution in [0.25, 0.3) is 0 Å². The molecule has 0 bridgehead atoms. The lowest BCUT2D eigenvalue weighted by atomic mass is 9.67. The van der Waals surface area contributed by atoms with E-state index < -0.39 is 21.4 Å². The van der Waals surface area contributed by atoms with Crippen LogP contribution in [0.3, 0.4) is 0 Å². The van der Waals surface area contributed by atoms with Crippen molar-refractivity contribution in [2.45, 2.75) is 69.2 Å². The van der Waals surface area contributed by atoms with E-state index >= 15 is 0 Å². The van der Waals surface area contributed by atoms with E-state index in [1.807, 2.05) is 42.5 Å². The van der Waals surface area contributed by atoms with Crippen molar-refractivity contribution in [3.05, 3.63) is 69.7 Å². The molecular weight excluding hydrogens is 597 g/mol. The number of sulfonamides is 1. The number of carboxylic acid groups (broad SMARTS) is 1. The number of benzene rings is 2. The van der Waals surface area contributed by atoms with Gasteiger partial charge in [-0.25, -0.2) is 8.42 Å². The first-order valence-electron chi connectivity index (χ1n) is 14.6. The third kappa shape index (κ3) is 6.81. The van der Waals surface area contributed by atoms with Crippen LogP contribution in [0.4, 0.5) is 0 Å². The molecule has 1 saturated carbocycles. The summed E-state index contributed by atoms with van der Waals surface area (Å²) in [7, 11) is -3.23. The minimum absolute atomic E-state index is 0.00112. The van der Waals surface area contributed by atoms with E-state index in [0.717, 1.165) is 24.0 Å². The molecule has 1 aliphatic carbocycles. The molecular formula is C31H39Cl2N3O5S. The molecule has 8 nitrogen and oxygen atoms in total. The second-order valence-corrected chi connectivity index (χ2v) is 15.5. The summed E-state index contributed by atoms with van der Waals surface area (Å²) < 4.78 is 27.4. The minimum atomic E-state index is -3.23. The first-order chi connectivity index (χ1) is 19.9. The molecule has 3 fully saturated rings. The van der Waals surface area contributed by atoms with Crippen molar-refractivity contribution in [1.29, 1.82) is 0 Å². The Bertz CT molecular complexity index is 1410. The number of halogens is 2. The van der Waals surface area contributed by atoms with Crippen molar-refractivity contribution in [1.82, 2.24) is 14.5 Å². The highest BCUT2D eigenvalue weighted by Gasteiger charge is 2.48. The fraction of sp³-hybridized carbons (Fsp3) is 0.548. The Labute approximate surface area is 258 Å². The largest absolute Gasteiger partial charge is 0.481 e. The number of nitrogens with zero attached hydrogens (tertiary/aromatic N) is 2. The Morgan fingerprint density at radius 2 is 1.74 bits per heavy atom. The predicted molar refractivity (Wildman–Crippen MR) is 164 cm³/mol. The molecule has 2 N–H and O–H groups in total. The Balaban J connectivity index is 1.40. The normalized spacial score (nSPS) is 27.3. The van der Waals surface area contributed by atoms with E-state index in [1.54, 1.807) is 17.3 Å². The van der Waals surface area contributed by atoms with Gasteiger partial charge in [0.15, 0.2) is 0 Å². The Morgan fingerprint density at radius 3 is 2.33 bits per heavy atom. The summed E-state index contributed by atoms with van der Waals surface area (Å²) in [6.07, 6.45) is 2.34. The van der Waals surface area contributed by atoms with Crippen molar-refractivity contribution < 1.29 is 23.1 Å². The topological polar surface area (TPSA) is 107 Å². The van der Waals surface area contributed by atoms with E-state index in [9.17, 15) is 23.1 Å². The van der Waals surface area contributed by atoms with Crippen molar-refractivity contribution in [3.63, 3.8) is 0 Å². The zero-order chi connectivity index (χ0) is 30.2. The van der Waals surface area contributed by atoms with Crippen LogP contribution < -0.4 is 5.32 Å². The number of rotatable bonds is 10. The number of carbonyl (C=O) groups is 2. The quantitative estimate of drug-likeness (QED) is 0.366. The van der Waals surface area contributed by atoms with Crippen LogP contribution in [0.5, 0.6) is 0 Å². The maximum absolute atomic E-state index is 13.4. The lowest BCUT2D eigenvalue weighted by Gasteiger charge is -2.46. The number of nitrogens with one attached hydrogen (secondary N) is 1. The highest BCUT2D eigenvalue weighted by molar-refractivity contribution is 7.90. The second-order valence-electron chi connectivity index (χ2n) is 12.5. The third-order valence-electron chi connectivity index (χ3n) is 9.25. The Morgan fingerprint density at radius 1 is 1.07 bits per heavy atom. The smallest absolute Gasteiger partial charge is 0.304 e. The van der Waals surface area contributed by atoms with Gasteiger partial charge in [0.25, 0.3) is 0 Å². The number of piperidine rings is 1. The summed E-state index contributed by atoms with van der Waals surface area (Å²) in [4.78, 5) is 27.4. The van der Waals surface area contributed by atoms with E-state index in [2.05, 4.69) is 17.1 Å². The highest BCUT2D eigenvalue weighted by Crippen LogP contribution is 2.45. The number of carboxylic acids is 1. The molecule has 0 aromatic heterocycles. The van der Waals surface area contributed by atoms with E-state index in [4.69, 9.17) is 23.2 Å². The summed E-state index contributed by atoms with van der Waals surface area (Å²) in [5.41, 5.74) is 1.01. The monoisotopic (exact) mass is 635 g/mol. The van der Waals surface area contributed by atoms with Crippen LogP contribution in [0.2, 0.25) is 10.0 Å². The first kappa shape index (κ1) is 31.3. The zero-order valence-corrected chi connectivity index (χ0v) is 26.3. The molecule has 0 spiro atoms. The molecule has 5 rings (SSSR count). The number of carbonyl (C=O) groups excluding carboxylic acids is 1. The summed E-state index contributed by atoms with van der Waals surface area (Å²) in [5, 5.41) is 13.8. The SMILES string of the molecule is CC(C[C@@H](c1ccc(Cl)cc1)N1CCN(S(=O)(=O)C2CC2)CC1)[C@@H]1NC(=O)[C@](C)(CC(=O)O)C[C@@H]1c1cccc(Cl)c1. The molecule has 3 aliphatic rings. The molecule has 2 saturated heterocycles. The summed E-state index contributed by atoms with van der Waals surface area (Å²) >= 11 is 12.6.